The lowest BCUT2D eigenvalue weighted by Gasteiger charge is -2.04. The second-order valence-electron chi connectivity index (χ2n) is 3.35. The largest absolute Gasteiger partial charge is 0.466 e. The van der Waals surface area contributed by atoms with E-state index in [0.717, 1.165) is 15.8 Å². The maximum Gasteiger partial charge on any atom is 0.334 e. The van der Waals surface area contributed by atoms with Gasteiger partial charge in [0, 0.05) is 15.8 Å². The Bertz CT molecular complexity index is 398. The zero-order valence-electron chi connectivity index (χ0n) is 9.90. The van der Waals surface area contributed by atoms with E-state index in [1.807, 2.05) is 30.3 Å². The van der Waals surface area contributed by atoms with E-state index in [-0.39, 0.29) is 5.97 Å². The van der Waals surface area contributed by atoms with Crippen LogP contribution in [-0.2, 0) is 9.53 Å². The molecule has 0 aromatic heterocycles. The lowest BCUT2D eigenvalue weighted by atomic mass is 10.1. The highest BCUT2D eigenvalue weighted by molar-refractivity contribution is 9.10. The average molecular weight is 315 g/mol. The van der Waals surface area contributed by atoms with E-state index in [4.69, 9.17) is 4.74 Å². The molecule has 0 spiro atoms. The van der Waals surface area contributed by atoms with Crippen LogP contribution in [0.25, 0.3) is 6.08 Å². The van der Waals surface area contributed by atoms with Crippen LogP contribution in [-0.4, -0.2) is 24.6 Å². The number of hydrogen-bond acceptors (Lipinski definition) is 3. The molecule has 2 nitrogen and oxygen atoms in total. The van der Waals surface area contributed by atoms with Gasteiger partial charge in [0.2, 0.25) is 0 Å². The third kappa shape index (κ3) is 4.96. The zero-order valence-corrected chi connectivity index (χ0v) is 12.3. The van der Waals surface area contributed by atoms with Crippen molar-refractivity contribution in [3.05, 3.63) is 39.9 Å². The number of benzene rings is 1. The van der Waals surface area contributed by atoms with Gasteiger partial charge < -0.3 is 4.74 Å². The van der Waals surface area contributed by atoms with Crippen molar-refractivity contribution in [1.82, 2.24) is 0 Å². The molecular weight excluding hydrogens is 300 g/mol. The first-order valence-corrected chi connectivity index (χ1v) is 7.24. The first-order valence-electron chi connectivity index (χ1n) is 5.29. The van der Waals surface area contributed by atoms with Gasteiger partial charge in [0.1, 0.15) is 0 Å². The van der Waals surface area contributed by atoms with Crippen LogP contribution in [0.4, 0.5) is 0 Å². The maximum atomic E-state index is 11.6. The highest BCUT2D eigenvalue weighted by Gasteiger charge is 2.09. The summed E-state index contributed by atoms with van der Waals surface area (Å²) < 4.78 is 5.80. The van der Waals surface area contributed by atoms with Crippen molar-refractivity contribution >= 4 is 39.7 Å². The predicted octanol–water partition coefficient (Wildman–Crippen LogP) is 3.76. The predicted molar refractivity (Wildman–Crippen MR) is 77.1 cm³/mol. The van der Waals surface area contributed by atoms with Crippen LogP contribution in [0.5, 0.6) is 0 Å². The topological polar surface area (TPSA) is 26.3 Å². The van der Waals surface area contributed by atoms with Crippen molar-refractivity contribution in [2.45, 2.75) is 6.92 Å². The molecule has 1 aromatic carbocycles. The fourth-order valence-corrected chi connectivity index (χ4v) is 2.15. The van der Waals surface area contributed by atoms with Crippen LogP contribution < -0.4 is 0 Å². The summed E-state index contributed by atoms with van der Waals surface area (Å²) in [6.07, 6.45) is 1.88. The van der Waals surface area contributed by atoms with Crippen molar-refractivity contribution in [3.63, 3.8) is 0 Å². The third-order valence-corrected chi connectivity index (χ3v) is 3.57. The number of carbonyl (C=O) groups excluding carboxylic acids is 1. The number of carbonyl (C=O) groups is 1. The van der Waals surface area contributed by atoms with Crippen molar-refractivity contribution in [2.75, 3.05) is 18.6 Å². The summed E-state index contributed by atoms with van der Waals surface area (Å²) in [5.74, 6) is 1.40. The Morgan fingerprint density at radius 3 is 2.59 bits per heavy atom. The lowest BCUT2D eigenvalue weighted by molar-refractivity contribution is -0.135. The van der Waals surface area contributed by atoms with Crippen LogP contribution in [0.15, 0.2) is 34.3 Å². The minimum absolute atomic E-state index is 0.256. The molecule has 0 aliphatic carbocycles. The number of esters is 1. The van der Waals surface area contributed by atoms with Crippen molar-refractivity contribution in [3.8, 4) is 0 Å². The standard InChI is InChI=1S/C13H15BrO2S/c1-3-17-9-11(13(15)16-2)8-10-4-6-12(14)7-5-10/h4-8H,3,9H2,1-2H3. The van der Waals surface area contributed by atoms with Gasteiger partial charge in [0.25, 0.3) is 0 Å². The summed E-state index contributed by atoms with van der Waals surface area (Å²) >= 11 is 5.08. The van der Waals surface area contributed by atoms with Crippen molar-refractivity contribution < 1.29 is 9.53 Å². The van der Waals surface area contributed by atoms with E-state index < -0.39 is 0 Å². The highest BCUT2D eigenvalue weighted by Crippen LogP contribution is 2.16. The molecule has 0 bridgehead atoms. The van der Waals surface area contributed by atoms with E-state index in [2.05, 4.69) is 22.9 Å². The molecule has 0 unspecified atom stereocenters. The molecule has 0 radical (unpaired) electrons. The molecule has 0 saturated carbocycles. The van der Waals surface area contributed by atoms with Crippen LogP contribution in [0.3, 0.4) is 0 Å². The molecule has 0 heterocycles. The summed E-state index contributed by atoms with van der Waals surface area (Å²) in [5.41, 5.74) is 1.70. The first kappa shape index (κ1) is 14.3. The van der Waals surface area contributed by atoms with Crippen LogP contribution in [0, 0.1) is 0 Å². The lowest BCUT2D eigenvalue weighted by Crippen LogP contribution is -2.07. The van der Waals surface area contributed by atoms with E-state index in [0.29, 0.717) is 11.3 Å². The number of rotatable bonds is 5. The fraction of sp³-hybridized carbons (Fsp3) is 0.308. The normalized spacial score (nSPS) is 11.4. The Balaban J connectivity index is 2.87. The minimum Gasteiger partial charge on any atom is -0.466 e. The molecular formula is C13H15BrO2S. The Morgan fingerprint density at radius 1 is 1.41 bits per heavy atom. The Morgan fingerprint density at radius 2 is 2.06 bits per heavy atom. The summed E-state index contributed by atoms with van der Waals surface area (Å²) in [5, 5.41) is 0. The molecule has 17 heavy (non-hydrogen) atoms. The smallest absolute Gasteiger partial charge is 0.334 e. The molecule has 0 aliphatic rings. The molecule has 4 heteroatoms. The molecule has 0 fully saturated rings. The van der Waals surface area contributed by atoms with Gasteiger partial charge in [-0.05, 0) is 29.5 Å². The highest BCUT2D eigenvalue weighted by atomic mass is 79.9. The van der Waals surface area contributed by atoms with E-state index in [1.165, 1.54) is 7.11 Å². The van der Waals surface area contributed by atoms with Crippen LogP contribution in [0.1, 0.15) is 12.5 Å². The van der Waals surface area contributed by atoms with Gasteiger partial charge in [-0.2, -0.15) is 11.8 Å². The van der Waals surface area contributed by atoms with E-state index >= 15 is 0 Å². The maximum absolute atomic E-state index is 11.6. The van der Waals surface area contributed by atoms with Gasteiger partial charge >= 0.3 is 5.97 Å². The molecule has 0 atom stereocenters. The molecule has 0 saturated heterocycles. The summed E-state index contributed by atoms with van der Waals surface area (Å²) in [6.45, 7) is 2.07. The minimum atomic E-state index is -0.256. The SMILES string of the molecule is CCSCC(=Cc1ccc(Br)cc1)C(=O)OC. The summed E-state index contributed by atoms with van der Waals surface area (Å²) in [6, 6.07) is 7.83. The van der Waals surface area contributed by atoms with E-state index in [9.17, 15) is 4.79 Å². The van der Waals surface area contributed by atoms with Gasteiger partial charge in [0.05, 0.1) is 7.11 Å². The van der Waals surface area contributed by atoms with Gasteiger partial charge in [-0.25, -0.2) is 4.79 Å². The third-order valence-electron chi connectivity index (χ3n) is 2.12. The van der Waals surface area contributed by atoms with Gasteiger partial charge in [-0.1, -0.05) is 35.0 Å². The Kier molecular flexibility index (Phi) is 6.37. The quantitative estimate of drug-likeness (QED) is 0.611. The van der Waals surface area contributed by atoms with Crippen LogP contribution in [0.2, 0.25) is 0 Å². The van der Waals surface area contributed by atoms with Crippen LogP contribution >= 0.6 is 27.7 Å². The molecule has 1 aromatic rings. The Hall–Kier alpha value is -0.740. The fourth-order valence-electron chi connectivity index (χ4n) is 1.26. The number of ether oxygens (including phenoxy) is 1. The van der Waals surface area contributed by atoms with Gasteiger partial charge in [-0.3, -0.25) is 0 Å². The Labute approximate surface area is 115 Å². The first-order chi connectivity index (χ1) is 8.17. The molecule has 0 N–H and O–H groups in total. The van der Waals surface area contributed by atoms with Crippen molar-refractivity contribution in [1.29, 1.82) is 0 Å². The number of methoxy groups -OCH3 is 1. The monoisotopic (exact) mass is 314 g/mol. The second kappa shape index (κ2) is 7.56. The average Bonchev–Trinajstić information content (AvgIpc) is 2.36. The number of thioether (sulfide) groups is 1. The van der Waals surface area contributed by atoms with Crippen molar-refractivity contribution in [2.24, 2.45) is 0 Å². The summed E-state index contributed by atoms with van der Waals surface area (Å²) in [4.78, 5) is 11.6. The molecule has 1 rings (SSSR count). The number of hydrogen-bond donors (Lipinski definition) is 0. The van der Waals surface area contributed by atoms with Gasteiger partial charge in [-0.15, -0.1) is 0 Å². The zero-order chi connectivity index (χ0) is 12.7. The van der Waals surface area contributed by atoms with E-state index in [1.54, 1.807) is 11.8 Å². The van der Waals surface area contributed by atoms with Gasteiger partial charge in [0.15, 0.2) is 0 Å². The number of halogens is 1. The molecule has 92 valence electrons. The molecule has 0 amide bonds. The second-order valence-corrected chi connectivity index (χ2v) is 5.54. The molecule has 0 aliphatic heterocycles. The summed E-state index contributed by atoms with van der Waals surface area (Å²) in [7, 11) is 1.41.